The van der Waals surface area contributed by atoms with Gasteiger partial charge in [0.05, 0.1) is 0 Å². The van der Waals surface area contributed by atoms with Crippen LogP contribution in [-0.4, -0.2) is 20.6 Å². The van der Waals surface area contributed by atoms with E-state index < -0.39 is 5.63 Å². The van der Waals surface area contributed by atoms with Gasteiger partial charge in [-0.2, -0.15) is 5.21 Å². The van der Waals surface area contributed by atoms with Gasteiger partial charge in [-0.1, -0.05) is 11.6 Å². The molecule has 7 heteroatoms. The minimum atomic E-state index is -0.513. The third-order valence-electron chi connectivity index (χ3n) is 2.28. The maximum Gasteiger partial charge on any atom is 0.347 e. The molecule has 0 saturated carbocycles. The summed E-state index contributed by atoms with van der Waals surface area (Å²) in [5.41, 5.74) is 0.196. The molecule has 2 aromatic heterocycles. The van der Waals surface area contributed by atoms with Crippen LogP contribution < -0.4 is 5.63 Å². The van der Waals surface area contributed by atoms with Gasteiger partial charge >= 0.3 is 5.63 Å². The number of fused-ring (bicyclic) bond motifs is 1. The van der Waals surface area contributed by atoms with Gasteiger partial charge in [-0.05, 0) is 29.5 Å². The topological polar surface area (TPSA) is 84.7 Å². The lowest BCUT2D eigenvalue weighted by molar-refractivity contribution is 0.563. The van der Waals surface area contributed by atoms with Crippen molar-refractivity contribution >= 4 is 22.6 Å². The fourth-order valence-corrected chi connectivity index (χ4v) is 1.71. The number of nitrogens with zero attached hydrogens (tertiary/aromatic N) is 3. The van der Waals surface area contributed by atoms with Crippen molar-refractivity contribution in [2.24, 2.45) is 0 Å². The highest BCUT2D eigenvalue weighted by Gasteiger charge is 2.11. The highest BCUT2D eigenvalue weighted by molar-refractivity contribution is 6.31. The van der Waals surface area contributed by atoms with Crippen LogP contribution in [0.5, 0.6) is 0 Å². The van der Waals surface area contributed by atoms with Crippen LogP contribution in [0, 0.1) is 0 Å². The first-order valence-electron chi connectivity index (χ1n) is 4.71. The summed E-state index contributed by atoms with van der Waals surface area (Å²) in [5.74, 6) is 0.195. The molecule has 17 heavy (non-hydrogen) atoms. The zero-order valence-electron chi connectivity index (χ0n) is 8.35. The summed E-state index contributed by atoms with van der Waals surface area (Å²) in [4.78, 5) is 11.7. The van der Waals surface area contributed by atoms with E-state index in [1.807, 2.05) is 0 Å². The van der Waals surface area contributed by atoms with Gasteiger partial charge < -0.3 is 4.42 Å². The number of halogens is 1. The zero-order chi connectivity index (χ0) is 11.8. The molecule has 84 valence electrons. The first-order chi connectivity index (χ1) is 8.24. The summed E-state index contributed by atoms with van der Waals surface area (Å²) in [5, 5.41) is 14.4. The van der Waals surface area contributed by atoms with Gasteiger partial charge in [0.15, 0.2) is 0 Å². The Balaban J connectivity index is 2.33. The molecule has 0 aliphatic carbocycles. The van der Waals surface area contributed by atoms with Crippen molar-refractivity contribution in [3.63, 3.8) is 0 Å². The summed E-state index contributed by atoms with van der Waals surface area (Å²) in [6.07, 6.45) is 0. The third kappa shape index (κ3) is 1.68. The highest BCUT2D eigenvalue weighted by Crippen LogP contribution is 2.21. The Hall–Kier alpha value is -2.21. The van der Waals surface area contributed by atoms with E-state index in [1.165, 1.54) is 0 Å². The number of nitrogens with one attached hydrogen (secondary N) is 1. The van der Waals surface area contributed by atoms with Crippen LogP contribution in [0.1, 0.15) is 0 Å². The smallest absolute Gasteiger partial charge is 0.347 e. The summed E-state index contributed by atoms with van der Waals surface area (Å²) in [6.45, 7) is 0. The van der Waals surface area contributed by atoms with Crippen LogP contribution in [0.4, 0.5) is 0 Å². The van der Waals surface area contributed by atoms with E-state index in [0.717, 1.165) is 0 Å². The molecule has 2 heterocycles. The molecule has 0 saturated heterocycles. The predicted octanol–water partition coefficient (Wildman–Crippen LogP) is 1.63. The van der Waals surface area contributed by atoms with Gasteiger partial charge in [-0.25, -0.2) is 4.79 Å². The molecule has 0 aliphatic rings. The number of benzene rings is 1. The van der Waals surface area contributed by atoms with Crippen LogP contribution in [0.3, 0.4) is 0 Å². The van der Waals surface area contributed by atoms with Crippen LogP contribution in [0.2, 0.25) is 5.02 Å². The molecule has 0 radical (unpaired) electrons. The zero-order valence-corrected chi connectivity index (χ0v) is 9.10. The van der Waals surface area contributed by atoms with Crippen molar-refractivity contribution in [2.75, 3.05) is 0 Å². The molecule has 1 N–H and O–H groups in total. The minimum absolute atomic E-state index is 0.195. The Bertz CT molecular complexity index is 736. The number of hydrogen-bond donors (Lipinski definition) is 1. The van der Waals surface area contributed by atoms with Crippen molar-refractivity contribution in [3.8, 4) is 11.4 Å². The molecular formula is C10H5ClN4O2. The van der Waals surface area contributed by atoms with Crippen LogP contribution >= 0.6 is 11.6 Å². The van der Waals surface area contributed by atoms with Crippen LogP contribution in [0.15, 0.2) is 33.5 Å². The van der Waals surface area contributed by atoms with Crippen molar-refractivity contribution in [2.45, 2.75) is 0 Å². The molecule has 3 rings (SSSR count). The Labute approximate surface area is 99.2 Å². The molecule has 6 nitrogen and oxygen atoms in total. The van der Waals surface area contributed by atoms with Crippen LogP contribution in [-0.2, 0) is 0 Å². The Morgan fingerprint density at radius 1 is 1.29 bits per heavy atom. The van der Waals surface area contributed by atoms with Gasteiger partial charge in [0.1, 0.15) is 11.1 Å². The molecule has 1 aromatic carbocycles. The molecule has 0 aliphatic heterocycles. The quantitative estimate of drug-likeness (QED) is 0.662. The number of aromatic amines is 1. The Morgan fingerprint density at radius 3 is 2.94 bits per heavy atom. The van der Waals surface area contributed by atoms with Crippen molar-refractivity contribution in [3.05, 3.63) is 39.7 Å². The maximum absolute atomic E-state index is 11.7. The molecule has 0 fully saturated rings. The number of hydrogen-bond acceptors (Lipinski definition) is 5. The van der Waals surface area contributed by atoms with Gasteiger partial charge in [-0.3, -0.25) is 0 Å². The first-order valence-corrected chi connectivity index (χ1v) is 5.09. The maximum atomic E-state index is 11.7. The number of rotatable bonds is 1. The average Bonchev–Trinajstić information content (AvgIpc) is 2.82. The number of H-pyrrole nitrogens is 1. The van der Waals surface area contributed by atoms with Crippen molar-refractivity contribution in [1.82, 2.24) is 20.6 Å². The molecule has 0 unspecified atom stereocenters. The van der Waals surface area contributed by atoms with Crippen LogP contribution in [0.25, 0.3) is 22.4 Å². The van der Waals surface area contributed by atoms with E-state index in [1.54, 1.807) is 24.3 Å². The van der Waals surface area contributed by atoms with E-state index in [0.29, 0.717) is 16.0 Å². The van der Waals surface area contributed by atoms with Gasteiger partial charge in [0, 0.05) is 10.4 Å². The SMILES string of the molecule is O=c1oc2ccc(Cl)cc2cc1-c1nn[nH]n1. The lowest BCUT2D eigenvalue weighted by atomic mass is 10.2. The Kier molecular flexibility index (Phi) is 2.15. The second kappa shape index (κ2) is 3.67. The first kappa shape index (κ1) is 9.98. The molecule has 0 bridgehead atoms. The minimum Gasteiger partial charge on any atom is -0.422 e. The van der Waals surface area contributed by atoms with Gasteiger partial charge in [-0.15, -0.1) is 10.2 Å². The monoisotopic (exact) mass is 248 g/mol. The molecule has 0 atom stereocenters. The number of aromatic nitrogens is 4. The van der Waals surface area contributed by atoms with E-state index >= 15 is 0 Å². The third-order valence-corrected chi connectivity index (χ3v) is 2.52. The van der Waals surface area contributed by atoms with E-state index in [9.17, 15) is 4.79 Å². The lowest BCUT2D eigenvalue weighted by Gasteiger charge is -1.98. The van der Waals surface area contributed by atoms with Crippen molar-refractivity contribution in [1.29, 1.82) is 0 Å². The van der Waals surface area contributed by atoms with Gasteiger partial charge in [0.2, 0.25) is 5.82 Å². The summed E-state index contributed by atoms with van der Waals surface area (Å²) in [6, 6.07) is 6.61. The second-order valence-corrected chi connectivity index (χ2v) is 3.80. The standard InChI is InChI=1S/C10H5ClN4O2/c11-6-1-2-8-5(3-6)4-7(10(16)17-8)9-12-14-15-13-9/h1-4H,(H,12,13,14,15). The number of tetrazole rings is 1. The summed E-state index contributed by atoms with van der Waals surface area (Å²) in [7, 11) is 0. The predicted molar refractivity (Wildman–Crippen MR) is 60.7 cm³/mol. The normalized spacial score (nSPS) is 10.9. The largest absolute Gasteiger partial charge is 0.422 e. The molecular weight excluding hydrogens is 244 g/mol. The Morgan fingerprint density at radius 2 is 2.18 bits per heavy atom. The summed E-state index contributed by atoms with van der Waals surface area (Å²) >= 11 is 5.87. The second-order valence-electron chi connectivity index (χ2n) is 3.37. The lowest BCUT2D eigenvalue weighted by Crippen LogP contribution is -2.03. The summed E-state index contributed by atoms with van der Waals surface area (Å²) < 4.78 is 5.14. The average molecular weight is 249 g/mol. The molecule has 3 aromatic rings. The highest BCUT2D eigenvalue weighted by atomic mass is 35.5. The fraction of sp³-hybridized carbons (Fsp3) is 0. The van der Waals surface area contributed by atoms with E-state index in [4.69, 9.17) is 16.0 Å². The van der Waals surface area contributed by atoms with Gasteiger partial charge in [0.25, 0.3) is 0 Å². The molecule has 0 amide bonds. The van der Waals surface area contributed by atoms with E-state index in [-0.39, 0.29) is 11.4 Å². The fourth-order valence-electron chi connectivity index (χ4n) is 1.53. The van der Waals surface area contributed by atoms with Crippen molar-refractivity contribution < 1.29 is 4.42 Å². The van der Waals surface area contributed by atoms with E-state index in [2.05, 4.69) is 20.6 Å². The molecule has 0 spiro atoms.